The summed E-state index contributed by atoms with van der Waals surface area (Å²) < 4.78 is 14.4. The molecule has 157 valence electrons. The Bertz CT molecular complexity index is 1570. The van der Waals surface area contributed by atoms with Gasteiger partial charge in [0.05, 0.1) is 16.8 Å². The van der Waals surface area contributed by atoms with Crippen LogP contribution >= 0.6 is 0 Å². The second-order valence-electron chi connectivity index (χ2n) is 7.98. The van der Waals surface area contributed by atoms with Crippen molar-refractivity contribution in [2.75, 3.05) is 0 Å². The van der Waals surface area contributed by atoms with Gasteiger partial charge in [0.15, 0.2) is 0 Å². The van der Waals surface area contributed by atoms with E-state index in [9.17, 15) is 0 Å². The highest BCUT2D eigenvalue weighted by molar-refractivity contribution is 6.21. The minimum atomic E-state index is -0.739. The molecule has 0 fully saturated rings. The summed E-state index contributed by atoms with van der Waals surface area (Å²) in [6.45, 7) is 1.99. The molecule has 0 aliphatic carbocycles. The van der Waals surface area contributed by atoms with Gasteiger partial charge in [-0.3, -0.25) is 0 Å². The van der Waals surface area contributed by atoms with Gasteiger partial charge in [-0.1, -0.05) is 60.7 Å². The number of fused-ring (bicyclic) bond motifs is 4. The summed E-state index contributed by atoms with van der Waals surface area (Å²) in [4.78, 5) is 4.64. The molecule has 1 radical (unpaired) electrons. The van der Waals surface area contributed by atoms with Gasteiger partial charge in [0.1, 0.15) is 11.3 Å². The Morgan fingerprint density at radius 3 is 2.21 bits per heavy atom. The van der Waals surface area contributed by atoms with E-state index in [1.54, 1.807) is 0 Å². The largest absolute Gasteiger partial charge is 0.881 e. The highest BCUT2D eigenvalue weighted by Gasteiger charge is 2.13. The lowest BCUT2D eigenvalue weighted by molar-refractivity contribution is 0.461. The summed E-state index contributed by atoms with van der Waals surface area (Å²) in [5.41, 5.74) is 5.25. The first-order valence-corrected chi connectivity index (χ1v) is 11.8. The van der Waals surface area contributed by atoms with Gasteiger partial charge in [-0.15, -0.1) is 0 Å². The van der Waals surface area contributed by atoms with Crippen LogP contribution in [0, 0.1) is 6.92 Å². The standard InChI is InChI=1S/C18H13NO.C10H9NO.Al/c20-14-7-5-6-13(12-14)19-17-10-3-1-8-15(17)16-9-2-4-11-18(16)19;1-7-5-6-8-3-2-4-9(12)10(8)11-7;/h1-12,20H;2-6,12H,1H3;/q;;+2/p-2. The summed E-state index contributed by atoms with van der Waals surface area (Å²) in [7, 11) is 0. The maximum absolute atomic E-state index is 6.07. The fourth-order valence-electron chi connectivity index (χ4n) is 4.34. The first-order valence-electron chi connectivity index (χ1n) is 10.9. The fraction of sp³-hybridized carbons (Fsp3) is 0.0357. The number of hydrogen-bond acceptors (Lipinski definition) is 3. The van der Waals surface area contributed by atoms with Crippen LogP contribution in [-0.2, 0) is 0 Å². The number of aryl methyl sites for hydroxylation is 1. The molecular weight excluding hydrogens is 423 g/mol. The van der Waals surface area contributed by atoms with Gasteiger partial charge in [-0.25, -0.2) is 4.98 Å². The lowest BCUT2D eigenvalue weighted by Gasteiger charge is -2.13. The molecule has 33 heavy (non-hydrogen) atoms. The van der Waals surface area contributed by atoms with Gasteiger partial charge in [0, 0.05) is 33.6 Å². The molecular formula is C28H20AlN2O2. The van der Waals surface area contributed by atoms with Crippen molar-refractivity contribution in [2.45, 2.75) is 6.92 Å². The Balaban J connectivity index is 1.30. The number of rotatable bonds is 5. The molecule has 0 aliphatic rings. The van der Waals surface area contributed by atoms with Crippen molar-refractivity contribution in [3.8, 4) is 17.2 Å². The number of aromatic nitrogens is 2. The molecule has 0 saturated carbocycles. The Kier molecular flexibility index (Phi) is 4.99. The van der Waals surface area contributed by atoms with E-state index < -0.39 is 15.9 Å². The molecule has 0 saturated heterocycles. The highest BCUT2D eigenvalue weighted by Crippen LogP contribution is 2.32. The molecule has 0 unspecified atom stereocenters. The van der Waals surface area contributed by atoms with E-state index in [4.69, 9.17) is 7.58 Å². The summed E-state index contributed by atoms with van der Waals surface area (Å²) in [6, 6.07) is 35.2. The molecule has 4 nitrogen and oxygen atoms in total. The molecule has 0 N–H and O–H groups in total. The maximum Gasteiger partial charge on any atom is 0.881 e. The zero-order valence-corrected chi connectivity index (χ0v) is 19.3. The number of benzene rings is 4. The third-order valence-electron chi connectivity index (χ3n) is 5.84. The third-order valence-corrected chi connectivity index (χ3v) is 6.56. The quantitative estimate of drug-likeness (QED) is 0.281. The summed E-state index contributed by atoms with van der Waals surface area (Å²) in [5.74, 6) is 1.54. The van der Waals surface area contributed by atoms with Crippen molar-refractivity contribution >= 4 is 48.6 Å². The number of pyridine rings is 1. The van der Waals surface area contributed by atoms with E-state index >= 15 is 0 Å². The van der Waals surface area contributed by atoms with Crippen molar-refractivity contribution in [3.05, 3.63) is 109 Å². The maximum atomic E-state index is 6.07. The van der Waals surface area contributed by atoms with Crippen LogP contribution < -0.4 is 7.58 Å². The van der Waals surface area contributed by atoms with Gasteiger partial charge in [-0.2, -0.15) is 0 Å². The first kappa shape index (κ1) is 19.9. The molecule has 0 atom stereocenters. The minimum absolute atomic E-state index is 0.739. The predicted octanol–water partition coefficient (Wildman–Crippen LogP) is 6.63. The van der Waals surface area contributed by atoms with Gasteiger partial charge in [0.2, 0.25) is 0 Å². The van der Waals surface area contributed by atoms with Crippen LogP contribution in [0.3, 0.4) is 0 Å². The molecule has 0 amide bonds. The highest BCUT2D eigenvalue weighted by atomic mass is 27.2. The molecule has 0 bridgehead atoms. The van der Waals surface area contributed by atoms with Crippen LogP contribution in [0.5, 0.6) is 11.5 Å². The second kappa shape index (κ2) is 8.29. The summed E-state index contributed by atoms with van der Waals surface area (Å²) in [5, 5.41) is 3.55. The van der Waals surface area contributed by atoms with Crippen molar-refractivity contribution in [1.29, 1.82) is 0 Å². The molecule has 2 aromatic heterocycles. The Labute approximate surface area is 198 Å². The molecule has 2 heterocycles. The van der Waals surface area contributed by atoms with Gasteiger partial charge >= 0.3 is 15.9 Å². The Hall–Kier alpha value is -3.78. The Morgan fingerprint density at radius 1 is 0.697 bits per heavy atom. The van der Waals surface area contributed by atoms with E-state index in [-0.39, 0.29) is 0 Å². The van der Waals surface area contributed by atoms with Gasteiger partial charge in [0.25, 0.3) is 0 Å². The van der Waals surface area contributed by atoms with Crippen molar-refractivity contribution in [3.63, 3.8) is 0 Å². The number of nitrogens with zero attached hydrogens (tertiary/aromatic N) is 2. The average molecular weight is 443 g/mol. The van der Waals surface area contributed by atoms with E-state index in [1.165, 1.54) is 21.8 Å². The average Bonchev–Trinajstić information content (AvgIpc) is 3.19. The Morgan fingerprint density at radius 2 is 1.42 bits per heavy atom. The predicted molar refractivity (Wildman–Crippen MR) is 134 cm³/mol. The molecule has 6 rings (SSSR count). The van der Waals surface area contributed by atoms with E-state index in [0.29, 0.717) is 0 Å². The van der Waals surface area contributed by atoms with Crippen LogP contribution in [0.4, 0.5) is 0 Å². The molecule has 0 spiro atoms. The van der Waals surface area contributed by atoms with Crippen LogP contribution in [0.25, 0.3) is 38.4 Å². The van der Waals surface area contributed by atoms with Crippen molar-refractivity contribution < 1.29 is 7.58 Å². The van der Waals surface area contributed by atoms with Crippen LogP contribution in [0.15, 0.2) is 103 Å². The molecule has 4 aromatic carbocycles. The van der Waals surface area contributed by atoms with Crippen LogP contribution in [0.2, 0.25) is 0 Å². The van der Waals surface area contributed by atoms with Crippen LogP contribution in [0.1, 0.15) is 5.69 Å². The summed E-state index contributed by atoms with van der Waals surface area (Å²) in [6.07, 6.45) is 0. The lowest BCUT2D eigenvalue weighted by Crippen LogP contribution is -2.11. The van der Waals surface area contributed by atoms with E-state index in [1.807, 2.05) is 43.3 Å². The molecule has 0 aliphatic heterocycles. The smallest absolute Gasteiger partial charge is 0.616 e. The normalized spacial score (nSPS) is 11.2. The van der Waals surface area contributed by atoms with E-state index in [0.717, 1.165) is 33.8 Å². The van der Waals surface area contributed by atoms with Gasteiger partial charge < -0.3 is 12.1 Å². The van der Waals surface area contributed by atoms with Crippen LogP contribution in [-0.4, -0.2) is 25.4 Å². The zero-order chi connectivity index (χ0) is 22.2. The first-order chi connectivity index (χ1) is 16.3. The third kappa shape index (κ3) is 3.62. The zero-order valence-electron chi connectivity index (χ0n) is 18.1. The number of para-hydroxylation sites is 3. The second-order valence-corrected chi connectivity index (χ2v) is 8.64. The van der Waals surface area contributed by atoms with Crippen molar-refractivity contribution in [2.24, 2.45) is 0 Å². The summed E-state index contributed by atoms with van der Waals surface area (Å²) >= 11 is -0.739. The van der Waals surface area contributed by atoms with E-state index in [2.05, 4.69) is 76.3 Å². The molecule has 6 aromatic rings. The fourth-order valence-corrected chi connectivity index (χ4v) is 4.94. The molecule has 5 heteroatoms. The van der Waals surface area contributed by atoms with Crippen molar-refractivity contribution in [1.82, 2.24) is 9.55 Å². The topological polar surface area (TPSA) is 36.3 Å². The minimum Gasteiger partial charge on any atom is -0.616 e. The lowest BCUT2D eigenvalue weighted by atomic mass is 10.2. The monoisotopic (exact) mass is 443 g/mol. The SMILES string of the molecule is Cc1ccc2cccc([O][Al][O]c3cccc(-n4c5ccccc5c5ccccc54)c3)c2n1. The van der Waals surface area contributed by atoms with Gasteiger partial charge in [-0.05, 0) is 43.3 Å². The number of hydrogen-bond donors (Lipinski definition) is 0.